The minimum absolute atomic E-state index is 0. The summed E-state index contributed by atoms with van der Waals surface area (Å²) in [5.41, 5.74) is 3.06. The van der Waals surface area contributed by atoms with Crippen molar-refractivity contribution in [3.63, 3.8) is 0 Å². The molecule has 0 spiro atoms. The molecule has 0 aromatic carbocycles. The molecule has 18 heavy (non-hydrogen) atoms. The van der Waals surface area contributed by atoms with Crippen molar-refractivity contribution in [3.05, 3.63) is 47.6 Å². The van der Waals surface area contributed by atoms with Gasteiger partial charge in [-0.3, -0.25) is 12.2 Å². The van der Waals surface area contributed by atoms with Crippen molar-refractivity contribution in [1.29, 1.82) is 0 Å². The molecule has 0 unspecified atom stereocenters. The Morgan fingerprint density at radius 1 is 1.17 bits per heavy atom. The second kappa shape index (κ2) is 15.7. The van der Waals surface area contributed by atoms with Gasteiger partial charge in [-0.15, -0.1) is 44.6 Å². The van der Waals surface area contributed by atoms with Gasteiger partial charge in [0.1, 0.15) is 0 Å². The van der Waals surface area contributed by atoms with E-state index in [9.17, 15) is 0 Å². The summed E-state index contributed by atoms with van der Waals surface area (Å²) in [6.07, 6.45) is 16.2. The van der Waals surface area contributed by atoms with Gasteiger partial charge in [-0.25, -0.2) is 23.8 Å². The van der Waals surface area contributed by atoms with Gasteiger partial charge in [0.2, 0.25) is 0 Å². The van der Waals surface area contributed by atoms with Crippen LogP contribution in [0.2, 0.25) is 13.1 Å². The van der Waals surface area contributed by atoms with Crippen LogP contribution >= 0.6 is 24.8 Å². The van der Waals surface area contributed by atoms with Gasteiger partial charge in [0, 0.05) is 0 Å². The largest absolute Gasteiger partial charge is 0.273 e. The predicted octanol–water partition coefficient (Wildman–Crippen LogP) is 5.02. The van der Waals surface area contributed by atoms with Crippen LogP contribution < -0.4 is 0 Å². The predicted molar refractivity (Wildman–Crippen MR) is 84.4 cm³/mol. The van der Waals surface area contributed by atoms with Crippen molar-refractivity contribution in [1.82, 2.24) is 0 Å². The Morgan fingerprint density at radius 2 is 1.72 bits per heavy atom. The quantitative estimate of drug-likeness (QED) is 0.409. The van der Waals surface area contributed by atoms with Gasteiger partial charge in [0.15, 0.2) is 0 Å². The normalized spacial score (nSPS) is 13.9. The molecule has 0 amide bonds. The molecule has 0 radical (unpaired) electrons. The Bertz CT molecular complexity index is 328. The topological polar surface area (TPSA) is 0 Å². The molecule has 0 fully saturated rings. The Hall–Kier alpha value is 0.640. The molecule has 100 valence electrons. The summed E-state index contributed by atoms with van der Waals surface area (Å²) in [6, 6.07) is 0. The molecule has 0 aliphatic heterocycles. The number of hydrogen-bond donors (Lipinski definition) is 0. The first-order valence-corrected chi connectivity index (χ1v) is 11.7. The Labute approximate surface area is 140 Å². The summed E-state index contributed by atoms with van der Waals surface area (Å²) in [5.74, 6) is 0. The summed E-state index contributed by atoms with van der Waals surface area (Å²) < 4.78 is 0. The first-order chi connectivity index (χ1) is 7.54. The van der Waals surface area contributed by atoms with E-state index in [1.807, 2.05) is 12.2 Å². The standard InChI is InChI=1S/C7H9.C5H5.C2H6Si.2ClH.Zr/c1-6-4-3-5-7(6)2;1-2-4-5-3-1;1-3-2;;;/h4H,5H2,1-2H3;1-3H,4H2;1-2H3;2*1H;/q2*-1;;;;+2. The molecule has 0 saturated carbocycles. The van der Waals surface area contributed by atoms with E-state index in [4.69, 9.17) is 0 Å². The van der Waals surface area contributed by atoms with E-state index in [1.54, 1.807) is 23.3 Å². The first kappa shape index (κ1) is 23.7. The van der Waals surface area contributed by atoms with E-state index in [0.717, 1.165) is 12.8 Å². The second-order valence-corrected chi connectivity index (χ2v) is 13.4. The van der Waals surface area contributed by atoms with Gasteiger partial charge in [-0.1, -0.05) is 6.92 Å². The maximum absolute atomic E-state index is 3.12. The summed E-state index contributed by atoms with van der Waals surface area (Å²) >= 11 is 1.74. The van der Waals surface area contributed by atoms with Gasteiger partial charge in [0.05, 0.1) is 0 Å². The summed E-state index contributed by atoms with van der Waals surface area (Å²) in [4.78, 5) is 0. The van der Waals surface area contributed by atoms with Crippen LogP contribution in [0.5, 0.6) is 0 Å². The maximum Gasteiger partial charge on any atom is -0.109 e. The van der Waals surface area contributed by atoms with Crippen LogP contribution in [0.1, 0.15) is 26.7 Å². The van der Waals surface area contributed by atoms with Crippen molar-refractivity contribution in [2.45, 2.75) is 39.8 Å². The van der Waals surface area contributed by atoms with Crippen molar-refractivity contribution in [3.8, 4) is 0 Å². The molecule has 0 aromatic heterocycles. The minimum Gasteiger partial charge on any atom is -0.273 e. The zero-order valence-electron chi connectivity index (χ0n) is 11.5. The molecular weight excluding hydrogens is 358 g/mol. The smallest absolute Gasteiger partial charge is 0.109 e. The molecule has 0 nitrogen and oxygen atoms in total. The molecule has 0 aromatic rings. The fourth-order valence-corrected chi connectivity index (χ4v) is 0.960. The van der Waals surface area contributed by atoms with E-state index in [0.29, 0.717) is 0 Å². The van der Waals surface area contributed by atoms with E-state index < -0.39 is 0 Å². The van der Waals surface area contributed by atoms with Crippen molar-refractivity contribution >= 4 is 30.2 Å². The van der Waals surface area contributed by atoms with Crippen molar-refractivity contribution in [2.24, 2.45) is 0 Å². The van der Waals surface area contributed by atoms with Gasteiger partial charge in [0.25, 0.3) is 0 Å². The van der Waals surface area contributed by atoms with Crippen LogP contribution in [-0.2, 0) is 23.3 Å². The fourth-order valence-electron chi connectivity index (χ4n) is 0.960. The van der Waals surface area contributed by atoms with Crippen LogP contribution in [0.4, 0.5) is 0 Å². The van der Waals surface area contributed by atoms with E-state index in [2.05, 4.69) is 51.2 Å². The Kier molecular flexibility index (Phi) is 20.7. The van der Waals surface area contributed by atoms with Gasteiger partial charge >= 0.3 is 41.9 Å². The Morgan fingerprint density at radius 3 is 1.83 bits per heavy atom. The molecule has 2 aliphatic carbocycles. The molecule has 0 N–H and O–H groups in total. The molecule has 4 heteroatoms. The van der Waals surface area contributed by atoms with E-state index >= 15 is 0 Å². The third-order valence-electron chi connectivity index (χ3n) is 1.94. The molecule has 2 rings (SSSR count). The van der Waals surface area contributed by atoms with Gasteiger partial charge < -0.3 is 0 Å². The average molecular weight is 381 g/mol. The van der Waals surface area contributed by atoms with E-state index in [1.165, 1.54) is 11.1 Å². The fraction of sp³-hybridized carbons (Fsp3) is 0.429. The van der Waals surface area contributed by atoms with Crippen LogP contribution in [0.3, 0.4) is 0 Å². The summed E-state index contributed by atoms with van der Waals surface area (Å²) in [5, 5.41) is 0. The van der Waals surface area contributed by atoms with Crippen molar-refractivity contribution < 1.29 is 23.3 Å². The van der Waals surface area contributed by atoms with Crippen LogP contribution in [0, 0.1) is 12.2 Å². The third kappa shape index (κ3) is 16.6. The zero-order chi connectivity index (χ0) is 12.4. The molecule has 0 atom stereocenters. The molecule has 2 aliphatic rings. The third-order valence-corrected chi connectivity index (χ3v) is 1.94. The number of allylic oxidation sites excluding steroid dienone is 8. The zero-order valence-corrected chi connectivity index (χ0v) is 16.6. The minimum atomic E-state index is 0. The number of rotatable bonds is 0. The van der Waals surface area contributed by atoms with Crippen molar-refractivity contribution in [2.75, 3.05) is 0 Å². The number of halogens is 2. The summed E-state index contributed by atoms with van der Waals surface area (Å²) in [7, 11) is 0. The molecule has 0 bridgehead atoms. The average Bonchev–Trinajstić information content (AvgIpc) is 2.81. The molecule has 0 saturated heterocycles. The Balaban J connectivity index is -0.000000185. The summed E-state index contributed by atoms with van der Waals surface area (Å²) in [6.45, 7) is 8.88. The maximum atomic E-state index is 3.12. The first-order valence-electron chi connectivity index (χ1n) is 5.50. The van der Waals surface area contributed by atoms with Crippen LogP contribution in [0.15, 0.2) is 35.5 Å². The van der Waals surface area contributed by atoms with Gasteiger partial charge in [-0.05, 0) is 0 Å². The molecule has 0 heterocycles. The molecular formula is C14H22Cl2SiZr. The van der Waals surface area contributed by atoms with Crippen LogP contribution in [0.25, 0.3) is 0 Å². The van der Waals surface area contributed by atoms with Gasteiger partial charge in [-0.2, -0.15) is 11.6 Å². The van der Waals surface area contributed by atoms with Crippen LogP contribution in [-0.4, -0.2) is 5.43 Å². The number of hydrogen-bond acceptors (Lipinski definition) is 0. The monoisotopic (exact) mass is 378 g/mol. The second-order valence-electron chi connectivity index (χ2n) is 3.99. The SMILES string of the molecule is CC1=C(C)C[C-]=C1.C[Si](C)=[Zr+2].Cl.Cl.[C-]1=CC=CC1. The van der Waals surface area contributed by atoms with E-state index in [-0.39, 0.29) is 30.2 Å².